The zero-order valence-electron chi connectivity index (χ0n) is 8.47. The summed E-state index contributed by atoms with van der Waals surface area (Å²) in [6, 6.07) is 4.52. The highest BCUT2D eigenvalue weighted by Crippen LogP contribution is 2.14. The molecule has 1 aromatic rings. The Kier molecular flexibility index (Phi) is 5.61. The normalized spacial score (nSPS) is 10.6. The molecule has 15 heavy (non-hydrogen) atoms. The van der Waals surface area contributed by atoms with Crippen LogP contribution in [0.4, 0.5) is 4.39 Å². The van der Waals surface area contributed by atoms with Crippen molar-refractivity contribution >= 4 is 11.6 Å². The number of halogens is 2. The lowest BCUT2D eigenvalue weighted by Crippen LogP contribution is -2.15. The molecule has 0 amide bonds. The van der Waals surface area contributed by atoms with Gasteiger partial charge in [-0.1, -0.05) is 11.6 Å². The molecule has 0 bridgehead atoms. The molecule has 2 N–H and O–H groups in total. The van der Waals surface area contributed by atoms with Gasteiger partial charge in [0.1, 0.15) is 5.82 Å². The van der Waals surface area contributed by atoms with Gasteiger partial charge in [-0.25, -0.2) is 4.39 Å². The van der Waals surface area contributed by atoms with Gasteiger partial charge >= 0.3 is 0 Å². The maximum absolute atomic E-state index is 13.2. The number of rotatable bonds is 6. The van der Waals surface area contributed by atoms with E-state index in [9.17, 15) is 4.39 Å². The topological polar surface area (TPSA) is 32.3 Å². The number of aliphatic hydroxyl groups excluding tert-OH is 1. The molecule has 0 unspecified atom stereocenters. The zero-order valence-corrected chi connectivity index (χ0v) is 9.23. The maximum Gasteiger partial charge on any atom is 0.127 e. The van der Waals surface area contributed by atoms with E-state index in [0.717, 1.165) is 19.4 Å². The highest BCUT2D eigenvalue weighted by atomic mass is 35.5. The Morgan fingerprint density at radius 2 is 2.13 bits per heavy atom. The Labute approximate surface area is 94.1 Å². The standard InChI is InChI=1S/C11H15ClFNO/c12-10-3-4-11(13)9(7-10)8-14-5-1-2-6-15/h3-4,7,14-15H,1-2,5-6,8H2. The molecule has 0 atom stereocenters. The van der Waals surface area contributed by atoms with E-state index in [1.54, 1.807) is 6.07 Å². The Balaban J connectivity index is 2.33. The van der Waals surface area contributed by atoms with Crippen molar-refractivity contribution in [2.24, 2.45) is 0 Å². The van der Waals surface area contributed by atoms with E-state index in [1.165, 1.54) is 12.1 Å². The monoisotopic (exact) mass is 231 g/mol. The Morgan fingerprint density at radius 1 is 1.33 bits per heavy atom. The van der Waals surface area contributed by atoms with Crippen LogP contribution in [0.2, 0.25) is 5.02 Å². The minimum Gasteiger partial charge on any atom is -0.396 e. The average molecular weight is 232 g/mol. The van der Waals surface area contributed by atoms with Crippen LogP contribution in [0.5, 0.6) is 0 Å². The molecule has 2 nitrogen and oxygen atoms in total. The molecule has 0 fully saturated rings. The summed E-state index contributed by atoms with van der Waals surface area (Å²) in [5.74, 6) is -0.242. The Bertz CT molecular complexity index is 307. The Morgan fingerprint density at radius 3 is 2.87 bits per heavy atom. The first-order valence-electron chi connectivity index (χ1n) is 4.99. The second-order valence-electron chi connectivity index (χ2n) is 3.34. The van der Waals surface area contributed by atoms with Gasteiger partial charge in [0.15, 0.2) is 0 Å². The van der Waals surface area contributed by atoms with Crippen molar-refractivity contribution in [2.75, 3.05) is 13.2 Å². The van der Waals surface area contributed by atoms with Crippen LogP contribution in [0.25, 0.3) is 0 Å². The van der Waals surface area contributed by atoms with E-state index < -0.39 is 0 Å². The molecule has 0 aromatic heterocycles. The fourth-order valence-electron chi connectivity index (χ4n) is 1.26. The molecule has 84 valence electrons. The van der Waals surface area contributed by atoms with E-state index >= 15 is 0 Å². The average Bonchev–Trinajstić information content (AvgIpc) is 2.23. The van der Waals surface area contributed by atoms with Gasteiger partial charge in [-0.3, -0.25) is 0 Å². The number of hydrogen-bond donors (Lipinski definition) is 2. The minimum atomic E-state index is -0.242. The summed E-state index contributed by atoms with van der Waals surface area (Å²) in [5.41, 5.74) is 0.575. The molecule has 1 rings (SSSR count). The molecule has 0 saturated carbocycles. The van der Waals surface area contributed by atoms with Crippen molar-refractivity contribution < 1.29 is 9.50 Å². The van der Waals surface area contributed by atoms with E-state index in [1.807, 2.05) is 0 Å². The van der Waals surface area contributed by atoms with Crippen LogP contribution < -0.4 is 5.32 Å². The van der Waals surface area contributed by atoms with Crippen molar-refractivity contribution in [3.05, 3.63) is 34.6 Å². The van der Waals surface area contributed by atoms with Crippen molar-refractivity contribution in [1.82, 2.24) is 5.32 Å². The zero-order chi connectivity index (χ0) is 11.1. The van der Waals surface area contributed by atoms with Crippen LogP contribution >= 0.6 is 11.6 Å². The van der Waals surface area contributed by atoms with Gasteiger partial charge in [-0.2, -0.15) is 0 Å². The molecule has 0 aliphatic carbocycles. The van der Waals surface area contributed by atoms with Gasteiger partial charge in [-0.05, 0) is 37.6 Å². The van der Waals surface area contributed by atoms with Crippen molar-refractivity contribution in [3.8, 4) is 0 Å². The van der Waals surface area contributed by atoms with E-state index in [-0.39, 0.29) is 12.4 Å². The van der Waals surface area contributed by atoms with Crippen LogP contribution in [0.3, 0.4) is 0 Å². The minimum absolute atomic E-state index is 0.202. The first kappa shape index (κ1) is 12.4. The number of benzene rings is 1. The van der Waals surface area contributed by atoms with Crippen LogP contribution in [0.15, 0.2) is 18.2 Å². The van der Waals surface area contributed by atoms with Crippen molar-refractivity contribution in [1.29, 1.82) is 0 Å². The van der Waals surface area contributed by atoms with Gasteiger partial charge < -0.3 is 10.4 Å². The second kappa shape index (κ2) is 6.77. The summed E-state index contributed by atoms with van der Waals surface area (Å²) >= 11 is 5.75. The van der Waals surface area contributed by atoms with Crippen molar-refractivity contribution in [2.45, 2.75) is 19.4 Å². The smallest absolute Gasteiger partial charge is 0.127 e. The maximum atomic E-state index is 13.2. The largest absolute Gasteiger partial charge is 0.396 e. The second-order valence-corrected chi connectivity index (χ2v) is 3.78. The van der Waals surface area contributed by atoms with Gasteiger partial charge in [0.2, 0.25) is 0 Å². The third-order valence-corrected chi connectivity index (χ3v) is 2.32. The fourth-order valence-corrected chi connectivity index (χ4v) is 1.46. The summed E-state index contributed by atoms with van der Waals surface area (Å²) in [6.45, 7) is 1.44. The van der Waals surface area contributed by atoms with E-state index in [4.69, 9.17) is 16.7 Å². The molecule has 0 saturated heterocycles. The highest BCUT2D eigenvalue weighted by Gasteiger charge is 2.01. The van der Waals surface area contributed by atoms with Gasteiger partial charge in [0, 0.05) is 23.7 Å². The van der Waals surface area contributed by atoms with Crippen LogP contribution in [0, 0.1) is 5.82 Å². The third kappa shape index (κ3) is 4.60. The molecule has 0 aliphatic rings. The van der Waals surface area contributed by atoms with E-state index in [0.29, 0.717) is 17.1 Å². The summed E-state index contributed by atoms with van der Waals surface area (Å²) < 4.78 is 13.2. The number of unbranched alkanes of at least 4 members (excludes halogenated alkanes) is 1. The number of nitrogens with one attached hydrogen (secondary N) is 1. The van der Waals surface area contributed by atoms with Crippen LogP contribution in [-0.2, 0) is 6.54 Å². The number of hydrogen-bond acceptors (Lipinski definition) is 2. The van der Waals surface area contributed by atoms with Crippen LogP contribution in [0.1, 0.15) is 18.4 Å². The predicted molar refractivity (Wildman–Crippen MR) is 59.4 cm³/mol. The third-order valence-electron chi connectivity index (χ3n) is 2.08. The molecule has 4 heteroatoms. The predicted octanol–water partition coefficient (Wildman–Crippen LogP) is 2.34. The lowest BCUT2D eigenvalue weighted by Gasteiger charge is -2.05. The molecular weight excluding hydrogens is 217 g/mol. The Hall–Kier alpha value is -0.640. The number of aliphatic hydroxyl groups is 1. The quantitative estimate of drug-likeness (QED) is 0.737. The molecular formula is C11H15ClFNO. The summed E-state index contributed by atoms with van der Waals surface area (Å²) in [4.78, 5) is 0. The van der Waals surface area contributed by atoms with E-state index in [2.05, 4.69) is 5.32 Å². The lowest BCUT2D eigenvalue weighted by atomic mass is 10.2. The van der Waals surface area contributed by atoms with Gasteiger partial charge in [0.05, 0.1) is 0 Å². The first-order chi connectivity index (χ1) is 7.24. The molecule has 0 radical (unpaired) electrons. The SMILES string of the molecule is OCCCCNCc1cc(Cl)ccc1F. The summed E-state index contributed by atoms with van der Waals surface area (Å²) in [7, 11) is 0. The lowest BCUT2D eigenvalue weighted by molar-refractivity contribution is 0.283. The van der Waals surface area contributed by atoms with Crippen molar-refractivity contribution in [3.63, 3.8) is 0 Å². The molecule has 1 aromatic carbocycles. The van der Waals surface area contributed by atoms with Gasteiger partial charge in [0.25, 0.3) is 0 Å². The molecule has 0 aliphatic heterocycles. The fraction of sp³-hybridized carbons (Fsp3) is 0.455. The summed E-state index contributed by atoms with van der Waals surface area (Å²) in [6.07, 6.45) is 1.66. The highest BCUT2D eigenvalue weighted by molar-refractivity contribution is 6.30. The van der Waals surface area contributed by atoms with Gasteiger partial charge in [-0.15, -0.1) is 0 Å². The molecule has 0 heterocycles. The molecule has 0 spiro atoms. The summed E-state index contributed by atoms with van der Waals surface area (Å²) in [5, 5.41) is 12.2. The van der Waals surface area contributed by atoms with Crippen LogP contribution in [-0.4, -0.2) is 18.3 Å². The first-order valence-corrected chi connectivity index (χ1v) is 5.37.